The van der Waals surface area contributed by atoms with E-state index in [-0.39, 0.29) is 0 Å². The van der Waals surface area contributed by atoms with Gasteiger partial charge >= 0.3 is 0 Å². The molecule has 1 fully saturated rings. The van der Waals surface area contributed by atoms with E-state index in [1.807, 2.05) is 0 Å². The van der Waals surface area contributed by atoms with Gasteiger partial charge in [-0.05, 0) is 27.3 Å². The van der Waals surface area contributed by atoms with Crippen LogP contribution in [0, 0.1) is 0 Å². The van der Waals surface area contributed by atoms with Gasteiger partial charge in [-0.15, -0.1) is 0 Å². The molecule has 2 unspecified atom stereocenters. The van der Waals surface area contributed by atoms with E-state index in [0.717, 1.165) is 6.54 Å². The first-order chi connectivity index (χ1) is 5.08. The van der Waals surface area contributed by atoms with Crippen molar-refractivity contribution in [2.45, 2.75) is 38.8 Å². The molecule has 0 aromatic heterocycles. The van der Waals surface area contributed by atoms with Gasteiger partial charge in [0.05, 0.1) is 0 Å². The van der Waals surface area contributed by atoms with Crippen molar-refractivity contribution in [3.63, 3.8) is 0 Å². The average molecular weight is 156 g/mol. The molecule has 1 saturated heterocycles. The van der Waals surface area contributed by atoms with Crippen molar-refractivity contribution in [2.75, 3.05) is 20.1 Å². The van der Waals surface area contributed by atoms with Gasteiger partial charge in [0.2, 0.25) is 0 Å². The van der Waals surface area contributed by atoms with Crippen LogP contribution in [0.4, 0.5) is 0 Å². The van der Waals surface area contributed by atoms with Crippen molar-refractivity contribution in [1.82, 2.24) is 10.2 Å². The molecule has 1 heterocycles. The maximum absolute atomic E-state index is 3.51. The minimum atomic E-state index is 0.381. The zero-order valence-electron chi connectivity index (χ0n) is 8.15. The summed E-state index contributed by atoms with van der Waals surface area (Å²) < 4.78 is 0. The fourth-order valence-electron chi connectivity index (χ4n) is 1.62. The summed E-state index contributed by atoms with van der Waals surface area (Å²) in [5, 5.41) is 3.51. The number of nitrogens with one attached hydrogen (secondary N) is 1. The number of rotatable bonds is 1. The molecule has 0 aromatic carbocycles. The lowest BCUT2D eigenvalue weighted by molar-refractivity contribution is 0.0799. The molecule has 1 aliphatic rings. The highest BCUT2D eigenvalue weighted by molar-refractivity contribution is 4.91. The number of nitrogens with zero attached hydrogens (tertiary/aromatic N) is 1. The molecule has 1 rings (SSSR count). The average Bonchev–Trinajstić information content (AvgIpc) is 1.98. The Bertz CT molecular complexity index is 136. The van der Waals surface area contributed by atoms with Crippen LogP contribution in [0.15, 0.2) is 0 Å². The van der Waals surface area contributed by atoms with Crippen LogP contribution in [0.3, 0.4) is 0 Å². The van der Waals surface area contributed by atoms with Crippen LogP contribution in [-0.2, 0) is 0 Å². The van der Waals surface area contributed by atoms with Crippen LogP contribution in [0.25, 0.3) is 0 Å². The molecule has 2 nitrogen and oxygen atoms in total. The molecule has 1 N–H and O–H groups in total. The van der Waals surface area contributed by atoms with E-state index in [1.165, 1.54) is 13.0 Å². The van der Waals surface area contributed by atoms with Crippen molar-refractivity contribution in [1.29, 1.82) is 0 Å². The van der Waals surface area contributed by atoms with Crippen LogP contribution in [0.5, 0.6) is 0 Å². The first kappa shape index (κ1) is 9.01. The van der Waals surface area contributed by atoms with E-state index >= 15 is 0 Å². The first-order valence-corrected chi connectivity index (χ1v) is 4.53. The normalized spacial score (nSPS) is 40.9. The fourth-order valence-corrected chi connectivity index (χ4v) is 1.62. The Hall–Kier alpha value is -0.0800. The van der Waals surface area contributed by atoms with E-state index < -0.39 is 0 Å². The molecule has 2 atom stereocenters. The van der Waals surface area contributed by atoms with Gasteiger partial charge in [-0.3, -0.25) is 4.90 Å². The zero-order chi connectivity index (χ0) is 8.48. The molecule has 0 bridgehead atoms. The lowest BCUT2D eigenvalue weighted by Gasteiger charge is -2.45. The van der Waals surface area contributed by atoms with E-state index in [1.54, 1.807) is 0 Å². The van der Waals surface area contributed by atoms with Gasteiger partial charge in [-0.1, -0.05) is 6.92 Å². The van der Waals surface area contributed by atoms with Crippen LogP contribution in [0.1, 0.15) is 27.2 Å². The Kier molecular flexibility index (Phi) is 2.55. The van der Waals surface area contributed by atoms with E-state index in [9.17, 15) is 0 Å². The van der Waals surface area contributed by atoms with Crippen LogP contribution >= 0.6 is 0 Å². The van der Waals surface area contributed by atoms with Crippen LogP contribution in [-0.4, -0.2) is 36.6 Å². The van der Waals surface area contributed by atoms with Gasteiger partial charge in [0.15, 0.2) is 0 Å². The second-order valence-electron chi connectivity index (χ2n) is 4.01. The van der Waals surface area contributed by atoms with Gasteiger partial charge in [-0.25, -0.2) is 0 Å². The molecule has 0 aromatic rings. The summed E-state index contributed by atoms with van der Waals surface area (Å²) in [4.78, 5) is 2.47. The monoisotopic (exact) mass is 156 g/mol. The molecule has 0 spiro atoms. The predicted octanol–water partition coefficient (Wildman–Crippen LogP) is 1.08. The Balaban J connectivity index is 2.56. The topological polar surface area (TPSA) is 15.3 Å². The molecule has 0 amide bonds. The van der Waals surface area contributed by atoms with Crippen molar-refractivity contribution in [3.05, 3.63) is 0 Å². The largest absolute Gasteiger partial charge is 0.311 e. The second kappa shape index (κ2) is 3.11. The third kappa shape index (κ3) is 1.74. The molecular weight excluding hydrogens is 136 g/mol. The van der Waals surface area contributed by atoms with Crippen molar-refractivity contribution in [3.8, 4) is 0 Å². The number of hydrogen-bond acceptors (Lipinski definition) is 2. The quantitative estimate of drug-likeness (QED) is 0.611. The Labute approximate surface area is 70.0 Å². The summed E-state index contributed by atoms with van der Waals surface area (Å²) in [6, 6.07) is 0.652. The summed E-state index contributed by atoms with van der Waals surface area (Å²) in [5.41, 5.74) is 0.381. The minimum absolute atomic E-state index is 0.381. The Morgan fingerprint density at radius 2 is 2.27 bits per heavy atom. The molecule has 0 saturated carbocycles. The Morgan fingerprint density at radius 3 is 2.73 bits per heavy atom. The smallest absolute Gasteiger partial charge is 0.0300 e. The number of piperazine rings is 1. The lowest BCUT2D eigenvalue weighted by atomic mass is 9.93. The SMILES string of the molecule is CCC1(C)CNC(C)CN1C. The Morgan fingerprint density at radius 1 is 1.64 bits per heavy atom. The highest BCUT2D eigenvalue weighted by Gasteiger charge is 2.31. The summed E-state index contributed by atoms with van der Waals surface area (Å²) in [6.07, 6.45) is 1.23. The third-order valence-corrected chi connectivity index (χ3v) is 3.06. The number of likely N-dealkylation sites (N-methyl/N-ethyl adjacent to an activating group) is 1. The fraction of sp³-hybridized carbons (Fsp3) is 1.00. The summed E-state index contributed by atoms with van der Waals surface area (Å²) in [6.45, 7) is 9.12. The second-order valence-corrected chi connectivity index (χ2v) is 4.01. The van der Waals surface area contributed by atoms with Crippen molar-refractivity contribution >= 4 is 0 Å². The highest BCUT2D eigenvalue weighted by atomic mass is 15.2. The van der Waals surface area contributed by atoms with Gasteiger partial charge in [-0.2, -0.15) is 0 Å². The first-order valence-electron chi connectivity index (χ1n) is 4.53. The van der Waals surface area contributed by atoms with Gasteiger partial charge in [0.25, 0.3) is 0 Å². The van der Waals surface area contributed by atoms with Crippen molar-refractivity contribution in [2.24, 2.45) is 0 Å². The van der Waals surface area contributed by atoms with Gasteiger partial charge in [0, 0.05) is 24.7 Å². The van der Waals surface area contributed by atoms with Crippen LogP contribution < -0.4 is 5.32 Å². The summed E-state index contributed by atoms with van der Waals surface area (Å²) in [5.74, 6) is 0. The maximum Gasteiger partial charge on any atom is 0.0300 e. The highest BCUT2D eigenvalue weighted by Crippen LogP contribution is 2.20. The molecule has 0 aliphatic carbocycles. The van der Waals surface area contributed by atoms with Gasteiger partial charge in [0.1, 0.15) is 0 Å². The molecule has 1 aliphatic heterocycles. The number of hydrogen-bond donors (Lipinski definition) is 1. The van der Waals surface area contributed by atoms with Gasteiger partial charge < -0.3 is 5.32 Å². The van der Waals surface area contributed by atoms with Crippen LogP contribution in [0.2, 0.25) is 0 Å². The standard InChI is InChI=1S/C9H20N2/c1-5-9(3)7-10-8(2)6-11(9)4/h8,10H,5-7H2,1-4H3. The van der Waals surface area contributed by atoms with E-state index in [0.29, 0.717) is 11.6 Å². The van der Waals surface area contributed by atoms with E-state index in [2.05, 4.69) is 38.0 Å². The summed E-state index contributed by atoms with van der Waals surface area (Å²) >= 11 is 0. The molecular formula is C9H20N2. The lowest BCUT2D eigenvalue weighted by Crippen LogP contribution is -2.60. The molecule has 11 heavy (non-hydrogen) atoms. The summed E-state index contributed by atoms with van der Waals surface area (Å²) in [7, 11) is 2.22. The molecule has 0 radical (unpaired) electrons. The van der Waals surface area contributed by atoms with Crippen molar-refractivity contribution < 1.29 is 0 Å². The predicted molar refractivity (Wildman–Crippen MR) is 48.8 cm³/mol. The minimum Gasteiger partial charge on any atom is -0.311 e. The zero-order valence-corrected chi connectivity index (χ0v) is 8.15. The third-order valence-electron chi connectivity index (χ3n) is 3.06. The maximum atomic E-state index is 3.51. The molecule has 2 heteroatoms. The van der Waals surface area contributed by atoms with E-state index in [4.69, 9.17) is 0 Å². The molecule has 66 valence electrons.